The first-order valence-corrected chi connectivity index (χ1v) is 8.46. The third kappa shape index (κ3) is 3.77. The van der Waals surface area contributed by atoms with E-state index in [1.165, 1.54) is 24.5 Å². The highest BCUT2D eigenvalue weighted by Crippen LogP contribution is 2.33. The molecule has 0 saturated heterocycles. The number of halogens is 2. The van der Waals surface area contributed by atoms with Crippen molar-refractivity contribution < 1.29 is 13.6 Å². The number of furan rings is 1. The second kappa shape index (κ2) is 7.29. The zero-order valence-corrected chi connectivity index (χ0v) is 15.3. The van der Waals surface area contributed by atoms with Gasteiger partial charge in [0.2, 0.25) is 5.28 Å². The largest absolute Gasteiger partial charge is 0.459 e. The maximum atomic E-state index is 13.5. The molecule has 0 saturated carbocycles. The Labute approximate surface area is 154 Å². The molecule has 0 aliphatic carbocycles. The van der Waals surface area contributed by atoms with E-state index in [4.69, 9.17) is 16.0 Å². The summed E-state index contributed by atoms with van der Waals surface area (Å²) in [5.41, 5.74) is 1.80. The molecule has 6 nitrogen and oxygen atoms in total. The van der Waals surface area contributed by atoms with E-state index >= 15 is 0 Å². The molecule has 0 bridgehead atoms. The van der Waals surface area contributed by atoms with Crippen LogP contribution in [0.15, 0.2) is 35.0 Å². The Morgan fingerprint density at radius 2 is 1.96 bits per heavy atom. The van der Waals surface area contributed by atoms with E-state index < -0.39 is 12.1 Å². The van der Waals surface area contributed by atoms with Crippen molar-refractivity contribution in [3.63, 3.8) is 0 Å². The Morgan fingerprint density at radius 1 is 1.27 bits per heavy atom. The number of benzene rings is 1. The van der Waals surface area contributed by atoms with Gasteiger partial charge in [-0.3, -0.25) is 0 Å². The molecule has 1 atom stereocenters. The fourth-order valence-electron chi connectivity index (χ4n) is 2.73. The zero-order valence-electron chi connectivity index (χ0n) is 14.5. The number of nitrogens with zero attached hydrogens (tertiary/aromatic N) is 2. The third-order valence-corrected chi connectivity index (χ3v) is 4.24. The fraction of sp³-hybridized carbons (Fsp3) is 0.278. The Bertz CT molecular complexity index is 940. The first-order valence-electron chi connectivity index (χ1n) is 8.08. The van der Waals surface area contributed by atoms with Crippen LogP contribution < -0.4 is 10.6 Å². The number of aryl methyl sites for hydroxylation is 1. The molecule has 26 heavy (non-hydrogen) atoms. The van der Waals surface area contributed by atoms with Crippen LogP contribution in [0.4, 0.5) is 14.9 Å². The van der Waals surface area contributed by atoms with E-state index in [0.717, 1.165) is 5.56 Å². The highest BCUT2D eigenvalue weighted by Gasteiger charge is 2.25. The topological polar surface area (TPSA) is 80.0 Å². The molecule has 0 radical (unpaired) electrons. The lowest BCUT2D eigenvalue weighted by molar-refractivity contribution is 0.241. The molecular weight excluding hydrogens is 359 g/mol. The average Bonchev–Trinajstić information content (AvgIpc) is 2.91. The molecule has 2 N–H and O–H groups in total. The van der Waals surface area contributed by atoms with Crippen LogP contribution in [0.25, 0.3) is 11.0 Å². The second-order valence-corrected chi connectivity index (χ2v) is 6.63. The molecule has 2 aromatic heterocycles. The number of amides is 2. The second-order valence-electron chi connectivity index (χ2n) is 6.29. The number of carbonyl (C=O) groups is 1. The number of anilines is 1. The van der Waals surface area contributed by atoms with Crippen LogP contribution in [-0.4, -0.2) is 16.0 Å². The molecule has 3 aromatic rings. The van der Waals surface area contributed by atoms with Gasteiger partial charge in [0, 0.05) is 10.9 Å². The quantitative estimate of drug-likeness (QED) is 0.638. The average molecular weight is 377 g/mol. The number of fused-ring (bicyclic) bond motifs is 1. The van der Waals surface area contributed by atoms with Crippen LogP contribution in [0.2, 0.25) is 5.28 Å². The number of hydrogen-bond acceptors (Lipinski definition) is 4. The summed E-state index contributed by atoms with van der Waals surface area (Å²) in [5.74, 6) is 0.317. The normalized spacial score (nSPS) is 12.4. The van der Waals surface area contributed by atoms with E-state index in [1.807, 2.05) is 20.8 Å². The van der Waals surface area contributed by atoms with Crippen LogP contribution >= 0.6 is 11.6 Å². The standard InChI is InChI=1S/C18H18ClFN4O2/c1-9(2)15(24-18(25)23-12-7-21-17(19)22-8-12)16-10(3)13-6-11(20)4-5-14(13)26-16/h4-9,15H,1-3H3,(H2,23,24,25). The molecular formula is C18H18ClFN4O2. The van der Waals surface area contributed by atoms with E-state index in [0.29, 0.717) is 22.4 Å². The van der Waals surface area contributed by atoms with Gasteiger partial charge in [0.1, 0.15) is 17.2 Å². The first kappa shape index (κ1) is 18.1. The first-order chi connectivity index (χ1) is 12.3. The Kier molecular flexibility index (Phi) is 5.08. The van der Waals surface area contributed by atoms with Crippen molar-refractivity contribution in [2.75, 3.05) is 5.32 Å². The van der Waals surface area contributed by atoms with Crippen LogP contribution in [0.1, 0.15) is 31.2 Å². The van der Waals surface area contributed by atoms with E-state index in [-0.39, 0.29) is 17.0 Å². The molecule has 3 rings (SSSR count). The summed E-state index contributed by atoms with van der Waals surface area (Å²) in [6.45, 7) is 5.77. The number of hydrogen-bond donors (Lipinski definition) is 2. The smallest absolute Gasteiger partial charge is 0.319 e. The van der Waals surface area contributed by atoms with Crippen molar-refractivity contribution in [2.24, 2.45) is 5.92 Å². The summed E-state index contributed by atoms with van der Waals surface area (Å²) in [5, 5.41) is 6.33. The molecule has 0 aliphatic heterocycles. The van der Waals surface area contributed by atoms with Gasteiger partial charge in [-0.2, -0.15) is 0 Å². The summed E-state index contributed by atoms with van der Waals surface area (Å²) < 4.78 is 19.4. The van der Waals surface area contributed by atoms with Crippen molar-refractivity contribution in [3.8, 4) is 0 Å². The van der Waals surface area contributed by atoms with Crippen LogP contribution in [0, 0.1) is 18.7 Å². The van der Waals surface area contributed by atoms with Crippen molar-refractivity contribution in [1.29, 1.82) is 0 Å². The Balaban J connectivity index is 1.84. The summed E-state index contributed by atoms with van der Waals surface area (Å²) >= 11 is 5.63. The molecule has 1 unspecified atom stereocenters. The van der Waals surface area contributed by atoms with Crippen molar-refractivity contribution >= 4 is 34.3 Å². The maximum absolute atomic E-state index is 13.5. The number of urea groups is 1. The zero-order chi connectivity index (χ0) is 18.8. The Hall–Kier alpha value is -2.67. The predicted octanol–water partition coefficient (Wildman–Crippen LogP) is 4.84. The number of rotatable bonds is 4. The van der Waals surface area contributed by atoms with Gasteiger partial charge in [-0.05, 0) is 42.6 Å². The van der Waals surface area contributed by atoms with Crippen LogP contribution in [-0.2, 0) is 0 Å². The monoisotopic (exact) mass is 376 g/mol. The van der Waals surface area contributed by atoms with Gasteiger partial charge in [-0.15, -0.1) is 0 Å². The number of nitrogens with one attached hydrogen (secondary N) is 2. The minimum absolute atomic E-state index is 0.0475. The van der Waals surface area contributed by atoms with Gasteiger partial charge in [0.15, 0.2) is 0 Å². The van der Waals surface area contributed by atoms with Gasteiger partial charge in [0.05, 0.1) is 24.1 Å². The van der Waals surface area contributed by atoms with Crippen molar-refractivity contribution in [1.82, 2.24) is 15.3 Å². The lowest BCUT2D eigenvalue weighted by atomic mass is 9.98. The van der Waals surface area contributed by atoms with Gasteiger partial charge in [0.25, 0.3) is 0 Å². The molecule has 1 aromatic carbocycles. The molecule has 136 valence electrons. The van der Waals surface area contributed by atoms with Crippen molar-refractivity contribution in [3.05, 3.63) is 53.0 Å². The molecule has 0 spiro atoms. The third-order valence-electron chi connectivity index (χ3n) is 4.05. The highest BCUT2D eigenvalue weighted by atomic mass is 35.5. The summed E-state index contributed by atoms with van der Waals surface area (Å²) in [6.07, 6.45) is 2.82. The maximum Gasteiger partial charge on any atom is 0.319 e. The lowest BCUT2D eigenvalue weighted by Crippen LogP contribution is -2.35. The minimum Gasteiger partial charge on any atom is -0.459 e. The Morgan fingerprint density at radius 3 is 2.62 bits per heavy atom. The van der Waals surface area contributed by atoms with Gasteiger partial charge in [-0.25, -0.2) is 19.2 Å². The summed E-state index contributed by atoms with van der Waals surface area (Å²) in [7, 11) is 0. The molecule has 2 amide bonds. The molecule has 8 heteroatoms. The lowest BCUT2D eigenvalue weighted by Gasteiger charge is -2.21. The number of carbonyl (C=O) groups excluding carboxylic acids is 1. The summed E-state index contributed by atoms with van der Waals surface area (Å²) in [4.78, 5) is 20.0. The van der Waals surface area contributed by atoms with Crippen molar-refractivity contribution in [2.45, 2.75) is 26.8 Å². The van der Waals surface area contributed by atoms with E-state index in [1.54, 1.807) is 6.07 Å². The highest BCUT2D eigenvalue weighted by molar-refractivity contribution is 6.28. The predicted molar refractivity (Wildman–Crippen MR) is 97.7 cm³/mol. The molecule has 0 fully saturated rings. The van der Waals surface area contributed by atoms with Gasteiger partial charge >= 0.3 is 6.03 Å². The fourth-order valence-corrected chi connectivity index (χ4v) is 2.83. The van der Waals surface area contributed by atoms with Crippen LogP contribution in [0.5, 0.6) is 0 Å². The van der Waals surface area contributed by atoms with E-state index in [9.17, 15) is 9.18 Å². The van der Waals surface area contributed by atoms with Crippen LogP contribution in [0.3, 0.4) is 0 Å². The minimum atomic E-state index is -0.430. The number of aromatic nitrogens is 2. The molecule has 2 heterocycles. The van der Waals surface area contributed by atoms with E-state index in [2.05, 4.69) is 20.6 Å². The summed E-state index contributed by atoms with van der Waals surface area (Å²) in [6, 6.07) is 3.54. The SMILES string of the molecule is Cc1c(C(NC(=O)Nc2cnc(Cl)nc2)C(C)C)oc2ccc(F)cc12. The molecule has 0 aliphatic rings. The van der Waals surface area contributed by atoms with Gasteiger partial charge in [-0.1, -0.05) is 13.8 Å². The van der Waals surface area contributed by atoms with Gasteiger partial charge < -0.3 is 15.1 Å².